The summed E-state index contributed by atoms with van der Waals surface area (Å²) in [7, 11) is -2.09. The van der Waals surface area contributed by atoms with Crippen molar-refractivity contribution in [2.75, 3.05) is 25.1 Å². The number of aromatic nitrogens is 2. The van der Waals surface area contributed by atoms with Crippen LogP contribution >= 0.6 is 0 Å². The topological polar surface area (TPSA) is 84.4 Å². The minimum absolute atomic E-state index is 0.0515. The Bertz CT molecular complexity index is 893. The summed E-state index contributed by atoms with van der Waals surface area (Å²) in [6.45, 7) is 5.71. The van der Waals surface area contributed by atoms with Gasteiger partial charge < -0.3 is 9.64 Å². The Kier molecular flexibility index (Phi) is 5.43. The Morgan fingerprint density at radius 1 is 1.15 bits per heavy atom. The molecule has 140 valence electrons. The van der Waals surface area contributed by atoms with Crippen molar-refractivity contribution in [3.05, 3.63) is 41.3 Å². The van der Waals surface area contributed by atoms with Crippen molar-refractivity contribution in [1.29, 1.82) is 0 Å². The van der Waals surface area contributed by atoms with E-state index in [0.717, 1.165) is 43.0 Å². The van der Waals surface area contributed by atoms with Gasteiger partial charge in [0, 0.05) is 24.8 Å². The molecule has 8 heteroatoms. The van der Waals surface area contributed by atoms with Crippen LogP contribution in [0.4, 0.5) is 5.82 Å². The molecule has 0 radical (unpaired) electrons. The van der Waals surface area contributed by atoms with Gasteiger partial charge in [-0.3, -0.25) is 0 Å². The van der Waals surface area contributed by atoms with Crippen LogP contribution in [0.1, 0.15) is 29.9 Å². The summed E-state index contributed by atoms with van der Waals surface area (Å²) in [6.07, 6.45) is 2.31. The fourth-order valence-electron chi connectivity index (χ4n) is 3.06. The molecule has 0 saturated carbocycles. The second-order valence-corrected chi connectivity index (χ2v) is 8.20. The monoisotopic (exact) mass is 376 g/mol. The summed E-state index contributed by atoms with van der Waals surface area (Å²) in [5, 5.41) is 0. The van der Waals surface area contributed by atoms with Gasteiger partial charge in [0.2, 0.25) is 10.0 Å². The maximum absolute atomic E-state index is 12.6. The molecule has 0 amide bonds. The van der Waals surface area contributed by atoms with E-state index >= 15 is 0 Å². The van der Waals surface area contributed by atoms with Crippen molar-refractivity contribution < 1.29 is 13.2 Å². The average molecular weight is 376 g/mol. The minimum Gasteiger partial charge on any atom is -0.496 e. The summed E-state index contributed by atoms with van der Waals surface area (Å²) >= 11 is 0. The van der Waals surface area contributed by atoms with Gasteiger partial charge in [-0.25, -0.2) is 23.1 Å². The molecule has 26 heavy (non-hydrogen) atoms. The summed E-state index contributed by atoms with van der Waals surface area (Å²) in [5.74, 6) is 1.99. The van der Waals surface area contributed by atoms with E-state index in [2.05, 4.69) is 19.6 Å². The third kappa shape index (κ3) is 4.13. The summed E-state index contributed by atoms with van der Waals surface area (Å²) in [4.78, 5) is 11.3. The molecule has 1 aromatic heterocycles. The van der Waals surface area contributed by atoms with Crippen molar-refractivity contribution in [3.63, 3.8) is 0 Å². The minimum atomic E-state index is -3.65. The fraction of sp³-hybridized carbons (Fsp3) is 0.444. The highest BCUT2D eigenvalue weighted by Crippen LogP contribution is 2.22. The predicted molar refractivity (Wildman–Crippen MR) is 100.0 cm³/mol. The zero-order valence-electron chi connectivity index (χ0n) is 15.3. The van der Waals surface area contributed by atoms with Gasteiger partial charge >= 0.3 is 0 Å². The molecule has 3 rings (SSSR count). The molecule has 0 spiro atoms. The second kappa shape index (κ2) is 7.59. The molecule has 1 aromatic carbocycles. The van der Waals surface area contributed by atoms with E-state index in [-0.39, 0.29) is 11.4 Å². The molecule has 0 aliphatic carbocycles. The molecule has 0 unspecified atom stereocenters. The van der Waals surface area contributed by atoms with Crippen molar-refractivity contribution in [2.45, 2.75) is 38.1 Å². The van der Waals surface area contributed by atoms with Crippen LogP contribution in [0.25, 0.3) is 0 Å². The first-order valence-corrected chi connectivity index (χ1v) is 10.1. The van der Waals surface area contributed by atoms with Crippen molar-refractivity contribution >= 4 is 15.8 Å². The van der Waals surface area contributed by atoms with Crippen LogP contribution in [0.3, 0.4) is 0 Å². The van der Waals surface area contributed by atoms with E-state index in [1.165, 1.54) is 6.07 Å². The first-order valence-electron chi connectivity index (χ1n) is 8.63. The number of hydrogen-bond acceptors (Lipinski definition) is 6. The molecular weight excluding hydrogens is 352 g/mol. The molecule has 2 heterocycles. The van der Waals surface area contributed by atoms with Crippen LogP contribution < -0.4 is 14.4 Å². The van der Waals surface area contributed by atoms with E-state index in [1.807, 2.05) is 19.9 Å². The lowest BCUT2D eigenvalue weighted by Crippen LogP contribution is -2.26. The van der Waals surface area contributed by atoms with Gasteiger partial charge in [0.15, 0.2) is 0 Å². The zero-order chi connectivity index (χ0) is 18.7. The van der Waals surface area contributed by atoms with Crippen LogP contribution in [-0.4, -0.2) is 38.6 Å². The number of ether oxygens (including phenoxy) is 1. The number of hydrogen-bond donors (Lipinski definition) is 1. The highest BCUT2D eigenvalue weighted by molar-refractivity contribution is 7.89. The summed E-state index contributed by atoms with van der Waals surface area (Å²) < 4.78 is 32.9. The standard InChI is InChI=1S/C18H24N4O3S/c1-13-10-15(6-7-16(13)25-3)26(23,24)19-12-17-20-14(2)11-18(21-17)22-8-4-5-9-22/h6-7,10-11,19H,4-5,8-9,12H2,1-3H3. The number of nitrogens with one attached hydrogen (secondary N) is 1. The van der Waals surface area contributed by atoms with Gasteiger partial charge in [-0.05, 0) is 50.5 Å². The number of methoxy groups -OCH3 is 1. The Morgan fingerprint density at radius 3 is 2.54 bits per heavy atom. The Morgan fingerprint density at radius 2 is 1.88 bits per heavy atom. The maximum atomic E-state index is 12.6. The van der Waals surface area contributed by atoms with Crippen LogP contribution in [0.15, 0.2) is 29.2 Å². The lowest BCUT2D eigenvalue weighted by atomic mass is 10.2. The highest BCUT2D eigenvalue weighted by Gasteiger charge is 2.18. The van der Waals surface area contributed by atoms with Crippen molar-refractivity contribution in [3.8, 4) is 5.75 Å². The SMILES string of the molecule is COc1ccc(S(=O)(=O)NCc2nc(C)cc(N3CCCC3)n2)cc1C. The summed E-state index contributed by atoms with van der Waals surface area (Å²) in [5.41, 5.74) is 1.59. The van der Waals surface area contributed by atoms with Gasteiger partial charge in [-0.15, -0.1) is 0 Å². The molecule has 1 N–H and O–H groups in total. The fourth-order valence-corrected chi connectivity index (χ4v) is 4.13. The molecular formula is C18H24N4O3S. The lowest BCUT2D eigenvalue weighted by Gasteiger charge is -2.17. The lowest BCUT2D eigenvalue weighted by molar-refractivity contribution is 0.411. The van der Waals surface area contributed by atoms with Crippen molar-refractivity contribution in [2.24, 2.45) is 0 Å². The molecule has 0 atom stereocenters. The van der Waals surface area contributed by atoms with E-state index in [1.54, 1.807) is 19.2 Å². The predicted octanol–water partition coefficient (Wildman–Crippen LogP) is 2.18. The molecule has 1 saturated heterocycles. The highest BCUT2D eigenvalue weighted by atomic mass is 32.2. The van der Waals surface area contributed by atoms with E-state index in [9.17, 15) is 8.42 Å². The molecule has 0 bridgehead atoms. The zero-order valence-corrected chi connectivity index (χ0v) is 16.1. The van der Waals surface area contributed by atoms with Crippen LogP contribution in [0.5, 0.6) is 5.75 Å². The molecule has 1 fully saturated rings. The smallest absolute Gasteiger partial charge is 0.240 e. The number of sulfonamides is 1. The van der Waals surface area contributed by atoms with Gasteiger partial charge in [-0.1, -0.05) is 0 Å². The average Bonchev–Trinajstić information content (AvgIpc) is 3.14. The second-order valence-electron chi connectivity index (χ2n) is 6.43. The van der Waals surface area contributed by atoms with E-state index in [4.69, 9.17) is 4.74 Å². The normalized spacial score (nSPS) is 14.7. The Labute approximate surface area is 154 Å². The number of anilines is 1. The third-order valence-corrected chi connectivity index (χ3v) is 5.81. The molecule has 1 aliphatic rings. The first-order chi connectivity index (χ1) is 12.4. The Hall–Kier alpha value is -2.19. The van der Waals surface area contributed by atoms with Gasteiger partial charge in [0.05, 0.1) is 18.6 Å². The van der Waals surface area contributed by atoms with Gasteiger partial charge in [0.25, 0.3) is 0 Å². The molecule has 1 aliphatic heterocycles. The van der Waals surface area contributed by atoms with Crippen LogP contribution in [0, 0.1) is 13.8 Å². The first kappa shape index (κ1) is 18.6. The Balaban J connectivity index is 1.76. The molecule has 7 nitrogen and oxygen atoms in total. The van der Waals surface area contributed by atoms with Crippen LogP contribution in [0.2, 0.25) is 0 Å². The number of rotatable bonds is 6. The quantitative estimate of drug-likeness (QED) is 0.832. The van der Waals surface area contributed by atoms with Gasteiger partial charge in [0.1, 0.15) is 17.4 Å². The van der Waals surface area contributed by atoms with Crippen molar-refractivity contribution in [1.82, 2.24) is 14.7 Å². The summed E-state index contributed by atoms with van der Waals surface area (Å²) in [6, 6.07) is 6.71. The van der Waals surface area contributed by atoms with Gasteiger partial charge in [-0.2, -0.15) is 0 Å². The maximum Gasteiger partial charge on any atom is 0.240 e. The van der Waals surface area contributed by atoms with Crippen LogP contribution in [-0.2, 0) is 16.6 Å². The number of aryl methyl sites for hydroxylation is 2. The van der Waals surface area contributed by atoms with E-state index < -0.39 is 10.0 Å². The third-order valence-electron chi connectivity index (χ3n) is 4.41. The molecule has 2 aromatic rings. The largest absolute Gasteiger partial charge is 0.496 e. The number of benzene rings is 1. The number of nitrogens with zero attached hydrogens (tertiary/aromatic N) is 3. The van der Waals surface area contributed by atoms with E-state index in [0.29, 0.717) is 11.6 Å².